The van der Waals surface area contributed by atoms with Gasteiger partial charge in [0.25, 0.3) is 0 Å². The SMILES string of the molecule is COCCCCCCCCCC(O)CN1CCN(CC(=O)O)CCN(CC(=O)O)CCN(CC(=O)O)CC1. The van der Waals surface area contributed by atoms with Crippen molar-refractivity contribution < 1.29 is 39.5 Å². The summed E-state index contributed by atoms with van der Waals surface area (Å²) in [6.45, 7) is 4.29. The molecule has 0 aliphatic carbocycles. The number of rotatable bonds is 18. The summed E-state index contributed by atoms with van der Waals surface area (Å²) < 4.78 is 5.07. The van der Waals surface area contributed by atoms with Gasteiger partial charge in [-0.25, -0.2) is 0 Å². The molecule has 1 aliphatic rings. The van der Waals surface area contributed by atoms with Crippen LogP contribution in [0, 0.1) is 0 Å². The Labute approximate surface area is 227 Å². The number of β-amino-alcohol motifs (C(OH)–C–C–N with tert-alkyl or cyclic N) is 1. The minimum atomic E-state index is -0.978. The first-order valence-electron chi connectivity index (χ1n) is 13.9. The Bertz CT molecular complexity index is 637. The molecule has 0 aromatic carbocycles. The monoisotopic (exact) mass is 546 g/mol. The molecule has 1 atom stereocenters. The second-order valence-electron chi connectivity index (χ2n) is 10.2. The second kappa shape index (κ2) is 21.0. The summed E-state index contributed by atoms with van der Waals surface area (Å²) in [6, 6.07) is 0. The van der Waals surface area contributed by atoms with Crippen LogP contribution < -0.4 is 0 Å². The lowest BCUT2D eigenvalue weighted by atomic mass is 10.1. The van der Waals surface area contributed by atoms with Crippen LogP contribution in [0.2, 0.25) is 0 Å². The van der Waals surface area contributed by atoms with E-state index in [0.29, 0.717) is 65.3 Å². The van der Waals surface area contributed by atoms with E-state index in [1.807, 2.05) is 0 Å². The predicted octanol–water partition coefficient (Wildman–Crippen LogP) is 0.590. The van der Waals surface area contributed by atoms with Crippen molar-refractivity contribution in [3.05, 3.63) is 0 Å². The molecule has 222 valence electrons. The summed E-state index contributed by atoms with van der Waals surface area (Å²) in [5.74, 6) is -2.87. The van der Waals surface area contributed by atoms with Crippen LogP contribution in [0.4, 0.5) is 0 Å². The van der Waals surface area contributed by atoms with Gasteiger partial charge in [0.2, 0.25) is 0 Å². The van der Waals surface area contributed by atoms with E-state index in [4.69, 9.17) is 4.74 Å². The Hall–Kier alpha value is -1.83. The number of carboxylic acids is 3. The molecule has 1 rings (SSSR count). The van der Waals surface area contributed by atoms with E-state index in [1.54, 1.807) is 21.8 Å². The average Bonchev–Trinajstić information content (AvgIpc) is 2.83. The molecule has 1 saturated heterocycles. The molecule has 0 amide bonds. The normalized spacial score (nSPS) is 18.5. The highest BCUT2D eigenvalue weighted by Gasteiger charge is 2.21. The van der Waals surface area contributed by atoms with Crippen LogP contribution in [0.5, 0.6) is 0 Å². The molecule has 38 heavy (non-hydrogen) atoms. The number of aliphatic hydroxyl groups is 1. The van der Waals surface area contributed by atoms with Crippen molar-refractivity contribution in [2.75, 3.05) is 92.3 Å². The number of nitrogens with zero attached hydrogens (tertiary/aromatic N) is 4. The Morgan fingerprint density at radius 2 is 0.947 bits per heavy atom. The van der Waals surface area contributed by atoms with Gasteiger partial charge in [-0.1, -0.05) is 38.5 Å². The molecule has 0 bridgehead atoms. The Kier molecular flexibility index (Phi) is 18.9. The number of hydrogen-bond donors (Lipinski definition) is 4. The largest absolute Gasteiger partial charge is 0.480 e. The highest BCUT2D eigenvalue weighted by atomic mass is 16.5. The zero-order valence-electron chi connectivity index (χ0n) is 23.1. The molecule has 12 nitrogen and oxygen atoms in total. The first kappa shape index (κ1) is 34.2. The number of methoxy groups -OCH3 is 1. The zero-order valence-corrected chi connectivity index (χ0v) is 23.1. The molecule has 1 heterocycles. The number of carbonyl (C=O) groups is 3. The zero-order chi connectivity index (χ0) is 28.2. The van der Waals surface area contributed by atoms with Crippen LogP contribution in [0.3, 0.4) is 0 Å². The maximum Gasteiger partial charge on any atom is 0.317 e. The molecule has 1 fully saturated rings. The van der Waals surface area contributed by atoms with Crippen molar-refractivity contribution in [2.45, 2.75) is 57.5 Å². The number of ether oxygens (including phenoxy) is 1. The van der Waals surface area contributed by atoms with Gasteiger partial charge in [0.15, 0.2) is 0 Å². The van der Waals surface area contributed by atoms with Crippen molar-refractivity contribution in [3.8, 4) is 0 Å². The number of carboxylic acid groups (broad SMARTS) is 3. The number of hydrogen-bond acceptors (Lipinski definition) is 9. The summed E-state index contributed by atoms with van der Waals surface area (Å²) in [5, 5.41) is 38.6. The molecule has 0 radical (unpaired) electrons. The van der Waals surface area contributed by atoms with Crippen molar-refractivity contribution in [2.24, 2.45) is 0 Å². The molecule has 0 aromatic heterocycles. The van der Waals surface area contributed by atoms with E-state index in [0.717, 1.165) is 32.3 Å². The third kappa shape index (κ3) is 18.4. The van der Waals surface area contributed by atoms with Crippen LogP contribution in [0.25, 0.3) is 0 Å². The van der Waals surface area contributed by atoms with Crippen LogP contribution in [0.1, 0.15) is 51.4 Å². The minimum absolute atomic E-state index is 0.145. The fourth-order valence-electron chi connectivity index (χ4n) is 4.71. The van der Waals surface area contributed by atoms with E-state index in [-0.39, 0.29) is 19.6 Å². The maximum absolute atomic E-state index is 11.4. The summed E-state index contributed by atoms with van der Waals surface area (Å²) >= 11 is 0. The molecular formula is C26H50N4O8. The third-order valence-electron chi connectivity index (χ3n) is 6.86. The van der Waals surface area contributed by atoms with Gasteiger partial charge < -0.3 is 25.2 Å². The molecular weight excluding hydrogens is 496 g/mol. The third-order valence-corrected chi connectivity index (χ3v) is 6.86. The van der Waals surface area contributed by atoms with Gasteiger partial charge in [0, 0.05) is 72.6 Å². The van der Waals surface area contributed by atoms with Crippen LogP contribution >= 0.6 is 0 Å². The number of aliphatic hydroxyl groups excluding tert-OH is 1. The van der Waals surface area contributed by atoms with E-state index < -0.39 is 24.0 Å². The van der Waals surface area contributed by atoms with Gasteiger partial charge in [-0.3, -0.25) is 34.0 Å². The van der Waals surface area contributed by atoms with E-state index in [9.17, 15) is 34.8 Å². The first-order chi connectivity index (χ1) is 18.2. The van der Waals surface area contributed by atoms with Gasteiger partial charge in [-0.2, -0.15) is 0 Å². The second-order valence-corrected chi connectivity index (χ2v) is 10.2. The minimum Gasteiger partial charge on any atom is -0.480 e. The van der Waals surface area contributed by atoms with Crippen molar-refractivity contribution in [3.63, 3.8) is 0 Å². The Balaban J connectivity index is 2.65. The molecule has 4 N–H and O–H groups in total. The molecule has 12 heteroatoms. The molecule has 1 unspecified atom stereocenters. The number of aliphatic carboxylic acids is 3. The van der Waals surface area contributed by atoms with Crippen molar-refractivity contribution in [1.82, 2.24) is 19.6 Å². The average molecular weight is 547 g/mol. The van der Waals surface area contributed by atoms with Gasteiger partial charge >= 0.3 is 17.9 Å². The van der Waals surface area contributed by atoms with E-state index >= 15 is 0 Å². The summed E-state index contributed by atoms with van der Waals surface area (Å²) in [5.41, 5.74) is 0. The van der Waals surface area contributed by atoms with Crippen LogP contribution in [0.15, 0.2) is 0 Å². The van der Waals surface area contributed by atoms with Crippen molar-refractivity contribution >= 4 is 17.9 Å². The molecule has 0 aromatic rings. The fourth-order valence-corrected chi connectivity index (χ4v) is 4.71. The van der Waals surface area contributed by atoms with Gasteiger partial charge in [0.05, 0.1) is 25.7 Å². The number of unbranched alkanes of at least 4 members (excludes halogenated alkanes) is 6. The quantitative estimate of drug-likeness (QED) is 0.178. The van der Waals surface area contributed by atoms with Crippen LogP contribution in [-0.2, 0) is 19.1 Å². The topological polar surface area (TPSA) is 154 Å². The summed E-state index contributed by atoms with van der Waals surface area (Å²) in [4.78, 5) is 41.5. The lowest BCUT2D eigenvalue weighted by Crippen LogP contribution is -2.49. The Morgan fingerprint density at radius 3 is 1.32 bits per heavy atom. The predicted molar refractivity (Wildman–Crippen MR) is 143 cm³/mol. The lowest BCUT2D eigenvalue weighted by Gasteiger charge is -2.33. The highest BCUT2D eigenvalue weighted by Crippen LogP contribution is 2.11. The summed E-state index contributed by atoms with van der Waals surface area (Å²) in [7, 11) is 1.72. The molecule has 0 saturated carbocycles. The smallest absolute Gasteiger partial charge is 0.317 e. The molecule has 1 aliphatic heterocycles. The summed E-state index contributed by atoms with van der Waals surface area (Å²) in [6.07, 6.45) is 8.04. The highest BCUT2D eigenvalue weighted by molar-refractivity contribution is 5.69. The van der Waals surface area contributed by atoms with Gasteiger partial charge in [0.1, 0.15) is 0 Å². The lowest BCUT2D eigenvalue weighted by molar-refractivity contribution is -0.140. The first-order valence-corrected chi connectivity index (χ1v) is 13.9. The maximum atomic E-state index is 11.4. The van der Waals surface area contributed by atoms with E-state index in [2.05, 4.69) is 4.90 Å². The Morgan fingerprint density at radius 1 is 0.605 bits per heavy atom. The fraction of sp³-hybridized carbons (Fsp3) is 0.885. The van der Waals surface area contributed by atoms with Gasteiger partial charge in [-0.05, 0) is 12.8 Å². The van der Waals surface area contributed by atoms with Gasteiger partial charge in [-0.15, -0.1) is 0 Å². The molecule has 0 spiro atoms. The standard InChI is InChI=1S/C26H50N4O8/c1-38-18-8-6-4-2-3-5-7-9-23(31)19-27-10-12-28(20-24(32)33)14-16-30(22-26(36)37)17-15-29(13-11-27)21-25(34)35/h23,31H,2-22H2,1H3,(H,32,33)(H,34,35)(H,36,37). The van der Waals surface area contributed by atoms with Crippen molar-refractivity contribution in [1.29, 1.82) is 0 Å². The van der Waals surface area contributed by atoms with E-state index in [1.165, 1.54) is 19.3 Å². The van der Waals surface area contributed by atoms with Crippen LogP contribution in [-0.4, -0.2) is 156 Å².